The molecule has 1 aliphatic heterocycles. The second-order valence-corrected chi connectivity index (χ2v) is 8.02. The number of rotatable bonds is 3. The number of sulfonamides is 1. The zero-order chi connectivity index (χ0) is 16.7. The second kappa shape index (κ2) is 5.59. The molecule has 0 radical (unpaired) electrons. The van der Waals surface area contributed by atoms with Gasteiger partial charge in [0.2, 0.25) is 0 Å². The summed E-state index contributed by atoms with van der Waals surface area (Å²) in [6.45, 7) is 11.6. The summed E-state index contributed by atoms with van der Waals surface area (Å²) in [4.78, 5) is 0.312. The summed E-state index contributed by atoms with van der Waals surface area (Å²) in [5, 5.41) is 0. The van der Waals surface area contributed by atoms with Crippen molar-refractivity contribution in [2.75, 3.05) is 20.3 Å². The van der Waals surface area contributed by atoms with E-state index >= 15 is 0 Å². The van der Waals surface area contributed by atoms with Crippen molar-refractivity contribution >= 4 is 10.0 Å². The fraction of sp³-hybridized carbons (Fsp3) is 0.500. The summed E-state index contributed by atoms with van der Waals surface area (Å²) in [6, 6.07) is 3.46. The number of ether oxygens (including phenoxy) is 2. The van der Waals surface area contributed by atoms with Gasteiger partial charge in [-0.15, -0.1) is 0 Å². The molecule has 0 spiro atoms. The highest BCUT2D eigenvalue weighted by Gasteiger charge is 2.37. The third-order valence-electron chi connectivity index (χ3n) is 3.72. The third-order valence-corrected chi connectivity index (χ3v) is 5.85. The molecule has 1 saturated heterocycles. The standard InChI is InChI=1S/C16H23NO4S/c1-11-7-14(20-6)8-12(2)15(11)22(18,19)17-10-16(4,5)21-9-13(17)3/h7-8H,3,9-10H2,1-2,4-6H3. The number of hydrogen-bond donors (Lipinski definition) is 0. The highest BCUT2D eigenvalue weighted by Crippen LogP contribution is 2.33. The van der Waals surface area contributed by atoms with Gasteiger partial charge in [-0.2, -0.15) is 0 Å². The minimum atomic E-state index is -3.67. The molecule has 0 aromatic heterocycles. The Balaban J connectivity index is 2.53. The number of methoxy groups -OCH3 is 1. The van der Waals surface area contributed by atoms with E-state index in [-0.39, 0.29) is 13.2 Å². The van der Waals surface area contributed by atoms with Gasteiger partial charge in [0.05, 0.1) is 30.8 Å². The highest BCUT2D eigenvalue weighted by atomic mass is 32.2. The molecule has 0 unspecified atom stereocenters. The first-order chi connectivity index (χ1) is 10.1. The van der Waals surface area contributed by atoms with Crippen molar-refractivity contribution in [3.8, 4) is 5.75 Å². The van der Waals surface area contributed by atoms with E-state index in [9.17, 15) is 8.42 Å². The van der Waals surface area contributed by atoms with Crippen LogP contribution < -0.4 is 4.74 Å². The summed E-state index contributed by atoms with van der Waals surface area (Å²) in [5.74, 6) is 0.648. The first-order valence-corrected chi connectivity index (χ1v) is 8.52. The molecule has 0 atom stereocenters. The summed E-state index contributed by atoms with van der Waals surface area (Å²) in [5.41, 5.74) is 1.24. The highest BCUT2D eigenvalue weighted by molar-refractivity contribution is 7.89. The third kappa shape index (κ3) is 2.98. The van der Waals surface area contributed by atoms with Crippen LogP contribution in [0.15, 0.2) is 29.3 Å². The van der Waals surface area contributed by atoms with Crippen molar-refractivity contribution in [2.45, 2.75) is 38.2 Å². The lowest BCUT2D eigenvalue weighted by atomic mass is 10.1. The van der Waals surface area contributed by atoms with Crippen LogP contribution in [0.4, 0.5) is 0 Å². The van der Waals surface area contributed by atoms with Crippen molar-refractivity contribution in [2.24, 2.45) is 0 Å². The lowest BCUT2D eigenvalue weighted by molar-refractivity contribution is -0.0439. The Kier molecular flexibility index (Phi) is 4.28. The second-order valence-electron chi connectivity index (χ2n) is 6.22. The van der Waals surface area contributed by atoms with Crippen molar-refractivity contribution in [1.82, 2.24) is 4.31 Å². The predicted octanol–water partition coefficient (Wildman–Crippen LogP) is 2.63. The molecule has 6 heteroatoms. The molecule has 2 rings (SSSR count). The molecule has 0 N–H and O–H groups in total. The van der Waals surface area contributed by atoms with Crippen LogP contribution in [0.5, 0.6) is 5.75 Å². The Morgan fingerprint density at radius 3 is 2.32 bits per heavy atom. The van der Waals surface area contributed by atoms with Crippen LogP contribution in [0.3, 0.4) is 0 Å². The van der Waals surface area contributed by atoms with Gasteiger partial charge in [-0.05, 0) is 51.0 Å². The molecule has 122 valence electrons. The molecule has 0 amide bonds. The number of hydrogen-bond acceptors (Lipinski definition) is 4. The molecule has 22 heavy (non-hydrogen) atoms. The molecule has 1 aromatic carbocycles. The van der Waals surface area contributed by atoms with Gasteiger partial charge in [-0.25, -0.2) is 8.42 Å². The van der Waals surface area contributed by atoms with Crippen LogP contribution in [0.25, 0.3) is 0 Å². The van der Waals surface area contributed by atoms with E-state index in [2.05, 4.69) is 6.58 Å². The van der Waals surface area contributed by atoms with Gasteiger partial charge in [0.15, 0.2) is 0 Å². The van der Waals surface area contributed by atoms with Crippen LogP contribution in [0.1, 0.15) is 25.0 Å². The van der Waals surface area contributed by atoms with Crippen LogP contribution in [-0.4, -0.2) is 38.6 Å². The first-order valence-electron chi connectivity index (χ1n) is 7.08. The minimum absolute atomic E-state index is 0.209. The van der Waals surface area contributed by atoms with Gasteiger partial charge in [0.1, 0.15) is 5.75 Å². The Labute approximate surface area is 132 Å². The molecule has 1 fully saturated rings. The summed E-state index contributed by atoms with van der Waals surface area (Å²) < 4.78 is 38.4. The molecule has 1 heterocycles. The molecule has 0 bridgehead atoms. The van der Waals surface area contributed by atoms with E-state index in [1.807, 2.05) is 13.8 Å². The van der Waals surface area contributed by atoms with E-state index in [1.54, 1.807) is 33.1 Å². The van der Waals surface area contributed by atoms with Gasteiger partial charge >= 0.3 is 0 Å². The normalized spacial score (nSPS) is 18.4. The van der Waals surface area contributed by atoms with Gasteiger partial charge < -0.3 is 9.47 Å². The molecule has 5 nitrogen and oxygen atoms in total. The average Bonchev–Trinajstić information content (AvgIpc) is 2.40. The van der Waals surface area contributed by atoms with Gasteiger partial charge in [-0.3, -0.25) is 4.31 Å². The zero-order valence-corrected chi connectivity index (χ0v) is 14.6. The summed E-state index contributed by atoms with van der Waals surface area (Å²) in [6.07, 6.45) is 0. The van der Waals surface area contributed by atoms with E-state index in [1.165, 1.54) is 4.31 Å². The maximum Gasteiger partial charge on any atom is 0.264 e. The number of aryl methyl sites for hydroxylation is 2. The predicted molar refractivity (Wildman–Crippen MR) is 85.5 cm³/mol. The summed E-state index contributed by atoms with van der Waals surface area (Å²) in [7, 11) is -2.11. The van der Waals surface area contributed by atoms with E-state index in [0.29, 0.717) is 27.5 Å². The van der Waals surface area contributed by atoms with Crippen LogP contribution >= 0.6 is 0 Å². The van der Waals surface area contributed by atoms with Gasteiger partial charge in [-0.1, -0.05) is 6.58 Å². The fourth-order valence-corrected chi connectivity index (χ4v) is 4.68. The maximum atomic E-state index is 13.1. The van der Waals surface area contributed by atoms with Gasteiger partial charge in [0.25, 0.3) is 10.0 Å². The van der Waals surface area contributed by atoms with Crippen LogP contribution in [-0.2, 0) is 14.8 Å². The Hall–Kier alpha value is -1.53. The average molecular weight is 325 g/mol. The lowest BCUT2D eigenvalue weighted by Crippen LogP contribution is -2.49. The van der Waals surface area contributed by atoms with Crippen molar-refractivity contribution in [1.29, 1.82) is 0 Å². The van der Waals surface area contributed by atoms with Crippen molar-refractivity contribution in [3.05, 3.63) is 35.5 Å². The van der Waals surface area contributed by atoms with E-state index in [4.69, 9.17) is 9.47 Å². The number of nitrogens with zero attached hydrogens (tertiary/aromatic N) is 1. The molecular formula is C16H23NO4S. The van der Waals surface area contributed by atoms with Crippen LogP contribution in [0.2, 0.25) is 0 Å². The first kappa shape index (κ1) is 16.8. The fourth-order valence-electron chi connectivity index (χ4n) is 2.65. The number of benzene rings is 1. The van der Waals surface area contributed by atoms with Crippen molar-refractivity contribution in [3.63, 3.8) is 0 Å². The topological polar surface area (TPSA) is 55.8 Å². The maximum absolute atomic E-state index is 13.1. The Bertz CT molecular complexity index is 684. The lowest BCUT2D eigenvalue weighted by Gasteiger charge is -2.40. The largest absolute Gasteiger partial charge is 0.497 e. The molecular weight excluding hydrogens is 302 g/mol. The molecule has 1 aromatic rings. The van der Waals surface area contributed by atoms with E-state index in [0.717, 1.165) is 0 Å². The molecule has 0 aliphatic carbocycles. The van der Waals surface area contributed by atoms with Crippen LogP contribution in [0, 0.1) is 13.8 Å². The van der Waals surface area contributed by atoms with Crippen molar-refractivity contribution < 1.29 is 17.9 Å². The van der Waals surface area contributed by atoms with Gasteiger partial charge in [0, 0.05) is 5.70 Å². The quantitative estimate of drug-likeness (QED) is 0.857. The summed E-state index contributed by atoms with van der Waals surface area (Å²) >= 11 is 0. The SMILES string of the molecule is C=C1COC(C)(C)CN1S(=O)(=O)c1c(C)cc(OC)cc1C. The number of morpholine rings is 1. The minimum Gasteiger partial charge on any atom is -0.497 e. The molecule has 0 saturated carbocycles. The Morgan fingerprint density at radius 1 is 1.27 bits per heavy atom. The zero-order valence-electron chi connectivity index (χ0n) is 13.8. The smallest absolute Gasteiger partial charge is 0.264 e. The van der Waals surface area contributed by atoms with E-state index < -0.39 is 15.6 Å². The molecule has 1 aliphatic rings. The monoisotopic (exact) mass is 325 g/mol. The Morgan fingerprint density at radius 2 is 1.82 bits per heavy atom.